The predicted molar refractivity (Wildman–Crippen MR) is 94.5 cm³/mol. The van der Waals surface area contributed by atoms with Crippen molar-refractivity contribution in [2.75, 3.05) is 46.9 Å². The Hall–Kier alpha value is -0.810. The first-order valence-electron chi connectivity index (χ1n) is 8.63. The number of aliphatic imine (C=N–C) groups is 1. The molecule has 22 heavy (non-hydrogen) atoms. The van der Waals surface area contributed by atoms with E-state index in [9.17, 15) is 0 Å². The van der Waals surface area contributed by atoms with Gasteiger partial charge in [-0.05, 0) is 31.8 Å². The normalized spacial score (nSPS) is 23.7. The maximum absolute atomic E-state index is 6.04. The van der Waals surface area contributed by atoms with E-state index in [0.29, 0.717) is 12.0 Å². The summed E-state index contributed by atoms with van der Waals surface area (Å²) in [6, 6.07) is 0. The van der Waals surface area contributed by atoms with E-state index in [0.717, 1.165) is 45.2 Å². The molecule has 0 aromatic rings. The van der Waals surface area contributed by atoms with Gasteiger partial charge in [0.05, 0.1) is 6.10 Å². The minimum atomic E-state index is 0.188. The van der Waals surface area contributed by atoms with Gasteiger partial charge in [0.25, 0.3) is 0 Å². The second kappa shape index (κ2) is 9.36. The molecule has 0 spiro atoms. The number of likely N-dealkylation sites (N-methyl/N-ethyl adjacent to an activating group) is 1. The van der Waals surface area contributed by atoms with Crippen LogP contribution in [0.1, 0.15) is 40.5 Å². The van der Waals surface area contributed by atoms with Crippen LogP contribution in [0.25, 0.3) is 0 Å². The van der Waals surface area contributed by atoms with Gasteiger partial charge in [-0.3, -0.25) is 4.99 Å². The number of rotatable bonds is 6. The number of nitrogens with one attached hydrogen (secondary N) is 2. The first-order valence-corrected chi connectivity index (χ1v) is 8.63. The van der Waals surface area contributed by atoms with E-state index in [-0.39, 0.29) is 5.41 Å². The van der Waals surface area contributed by atoms with Gasteiger partial charge in [0.2, 0.25) is 0 Å². The summed E-state index contributed by atoms with van der Waals surface area (Å²) >= 11 is 0. The van der Waals surface area contributed by atoms with Gasteiger partial charge in [0.15, 0.2) is 5.96 Å². The van der Waals surface area contributed by atoms with E-state index in [1.165, 1.54) is 6.42 Å². The van der Waals surface area contributed by atoms with Crippen molar-refractivity contribution in [2.45, 2.75) is 46.6 Å². The summed E-state index contributed by atoms with van der Waals surface area (Å²) in [6.07, 6.45) is 2.70. The Morgan fingerprint density at radius 3 is 2.64 bits per heavy atom. The number of guanidine groups is 1. The molecule has 0 radical (unpaired) electrons. The fraction of sp³-hybridized carbons (Fsp3) is 0.941. The minimum absolute atomic E-state index is 0.188. The molecule has 1 aliphatic rings. The van der Waals surface area contributed by atoms with Crippen LogP contribution in [0.15, 0.2) is 4.99 Å². The van der Waals surface area contributed by atoms with Crippen molar-refractivity contribution < 1.29 is 4.74 Å². The van der Waals surface area contributed by atoms with Crippen LogP contribution in [0, 0.1) is 11.3 Å². The van der Waals surface area contributed by atoms with Gasteiger partial charge in [0, 0.05) is 39.2 Å². The largest absolute Gasteiger partial charge is 0.377 e. The molecule has 0 saturated carbocycles. The highest BCUT2D eigenvalue weighted by Gasteiger charge is 2.35. The molecule has 1 aliphatic heterocycles. The second-order valence-corrected chi connectivity index (χ2v) is 7.34. The molecule has 5 nitrogen and oxygen atoms in total. The lowest BCUT2D eigenvalue weighted by atomic mass is 9.78. The van der Waals surface area contributed by atoms with E-state index in [1.54, 1.807) is 0 Å². The quantitative estimate of drug-likeness (QED) is 0.581. The third-order valence-electron chi connectivity index (χ3n) is 4.38. The Kier molecular flexibility index (Phi) is 8.18. The van der Waals surface area contributed by atoms with Gasteiger partial charge in [-0.15, -0.1) is 0 Å². The third-order valence-corrected chi connectivity index (χ3v) is 4.38. The smallest absolute Gasteiger partial charge is 0.191 e. The Labute approximate surface area is 136 Å². The first-order chi connectivity index (χ1) is 10.4. The van der Waals surface area contributed by atoms with Gasteiger partial charge in [-0.25, -0.2) is 0 Å². The lowest BCUT2D eigenvalue weighted by Gasteiger charge is -2.40. The highest BCUT2D eigenvalue weighted by molar-refractivity contribution is 5.79. The van der Waals surface area contributed by atoms with Crippen molar-refractivity contribution >= 4 is 5.96 Å². The van der Waals surface area contributed by atoms with Gasteiger partial charge in [0.1, 0.15) is 0 Å². The van der Waals surface area contributed by atoms with Crippen molar-refractivity contribution in [1.82, 2.24) is 15.5 Å². The number of ether oxygens (including phenoxy) is 1. The van der Waals surface area contributed by atoms with Crippen molar-refractivity contribution in [1.29, 1.82) is 0 Å². The maximum Gasteiger partial charge on any atom is 0.191 e. The average Bonchev–Trinajstić information content (AvgIpc) is 2.49. The van der Waals surface area contributed by atoms with E-state index in [1.807, 2.05) is 7.05 Å². The molecular weight excluding hydrogens is 276 g/mol. The van der Waals surface area contributed by atoms with Crippen LogP contribution < -0.4 is 10.6 Å². The lowest BCUT2D eigenvalue weighted by Crippen LogP contribution is -2.48. The van der Waals surface area contributed by atoms with Gasteiger partial charge in [-0.2, -0.15) is 0 Å². The van der Waals surface area contributed by atoms with Crippen LogP contribution >= 0.6 is 0 Å². The molecule has 0 amide bonds. The molecule has 2 atom stereocenters. The monoisotopic (exact) mass is 312 g/mol. The molecule has 1 rings (SSSR count). The summed E-state index contributed by atoms with van der Waals surface area (Å²) in [6.45, 7) is 13.8. The molecule has 0 aromatic carbocycles. The van der Waals surface area contributed by atoms with E-state index >= 15 is 0 Å². The summed E-state index contributed by atoms with van der Waals surface area (Å²) in [5, 5.41) is 6.86. The highest BCUT2D eigenvalue weighted by Crippen LogP contribution is 2.33. The van der Waals surface area contributed by atoms with Crippen LogP contribution in [-0.2, 0) is 4.74 Å². The van der Waals surface area contributed by atoms with Crippen LogP contribution in [0.5, 0.6) is 0 Å². The van der Waals surface area contributed by atoms with Crippen molar-refractivity contribution in [3.63, 3.8) is 0 Å². The second-order valence-electron chi connectivity index (χ2n) is 7.34. The highest BCUT2D eigenvalue weighted by atomic mass is 16.5. The third kappa shape index (κ3) is 6.53. The van der Waals surface area contributed by atoms with E-state index in [2.05, 4.69) is 55.3 Å². The summed E-state index contributed by atoms with van der Waals surface area (Å²) in [5.41, 5.74) is 0.188. The molecule has 1 heterocycles. The van der Waals surface area contributed by atoms with Gasteiger partial charge in [-0.1, -0.05) is 27.7 Å². The topological polar surface area (TPSA) is 48.9 Å². The number of hydrogen-bond donors (Lipinski definition) is 2. The minimum Gasteiger partial charge on any atom is -0.377 e. The molecule has 1 saturated heterocycles. The molecule has 130 valence electrons. The average molecular weight is 313 g/mol. The Balaban J connectivity index is 2.41. The number of hydrogen-bond acceptors (Lipinski definition) is 3. The zero-order chi connectivity index (χ0) is 16.6. The summed E-state index contributed by atoms with van der Waals surface area (Å²) in [4.78, 5) is 6.60. The van der Waals surface area contributed by atoms with E-state index < -0.39 is 0 Å². The standard InChI is InChI=1S/C17H36N4O/c1-7-21(6)11-10-19-16(18-5)20-13-14-9-8-12-22-15(14)17(2,3)4/h14-15H,7-13H2,1-6H3,(H2,18,19,20). The summed E-state index contributed by atoms with van der Waals surface area (Å²) in [7, 11) is 3.96. The zero-order valence-corrected chi connectivity index (χ0v) is 15.4. The van der Waals surface area contributed by atoms with E-state index in [4.69, 9.17) is 4.74 Å². The SMILES string of the molecule is CCN(C)CCNC(=NC)NCC1CCCOC1C(C)(C)C. The number of nitrogens with zero attached hydrogens (tertiary/aromatic N) is 2. The van der Waals surface area contributed by atoms with Crippen LogP contribution in [0.2, 0.25) is 0 Å². The Bertz CT molecular complexity index is 338. The molecule has 5 heteroatoms. The zero-order valence-electron chi connectivity index (χ0n) is 15.4. The fourth-order valence-corrected chi connectivity index (χ4v) is 2.98. The molecule has 0 aliphatic carbocycles. The predicted octanol–water partition coefficient (Wildman–Crippen LogP) is 1.94. The van der Waals surface area contributed by atoms with Crippen molar-refractivity contribution in [3.8, 4) is 0 Å². The molecule has 0 aromatic heterocycles. The summed E-state index contributed by atoms with van der Waals surface area (Å²) in [5.74, 6) is 1.44. The van der Waals surface area contributed by atoms with Crippen LogP contribution in [0.4, 0.5) is 0 Å². The lowest BCUT2D eigenvalue weighted by molar-refractivity contribution is -0.0835. The molecular formula is C17H36N4O. The molecule has 0 bridgehead atoms. The van der Waals surface area contributed by atoms with Crippen LogP contribution in [-0.4, -0.2) is 63.8 Å². The van der Waals surface area contributed by atoms with Crippen molar-refractivity contribution in [3.05, 3.63) is 0 Å². The van der Waals surface area contributed by atoms with Gasteiger partial charge >= 0.3 is 0 Å². The molecule has 2 unspecified atom stereocenters. The van der Waals surface area contributed by atoms with Crippen molar-refractivity contribution in [2.24, 2.45) is 16.3 Å². The summed E-state index contributed by atoms with van der Waals surface area (Å²) < 4.78 is 6.04. The Morgan fingerprint density at radius 2 is 2.05 bits per heavy atom. The molecule has 1 fully saturated rings. The first kappa shape index (κ1) is 19.2. The fourth-order valence-electron chi connectivity index (χ4n) is 2.98. The van der Waals surface area contributed by atoms with Crippen LogP contribution in [0.3, 0.4) is 0 Å². The molecule has 2 N–H and O–H groups in total. The Morgan fingerprint density at radius 1 is 1.32 bits per heavy atom. The maximum atomic E-state index is 6.04. The van der Waals surface area contributed by atoms with Gasteiger partial charge < -0.3 is 20.3 Å².